The number of carbonyl (C=O) groups excluding carboxylic acids is 1. The first-order valence-corrected chi connectivity index (χ1v) is 4.96. The quantitative estimate of drug-likeness (QED) is 0.782. The van der Waals surface area contributed by atoms with Crippen molar-refractivity contribution in [3.63, 3.8) is 0 Å². The minimum absolute atomic E-state index is 0.0890. The molecule has 0 aliphatic heterocycles. The van der Waals surface area contributed by atoms with E-state index >= 15 is 0 Å². The van der Waals surface area contributed by atoms with Crippen LogP contribution in [0.4, 0.5) is 4.39 Å². The van der Waals surface area contributed by atoms with E-state index in [1.54, 1.807) is 12.1 Å². The number of alkyl halides is 1. The Morgan fingerprint density at radius 2 is 2.21 bits per heavy atom. The largest absolute Gasteiger partial charge is 0.493 e. The Balaban J connectivity index is 3.20. The average Bonchev–Trinajstić information content (AvgIpc) is 2.16. The monoisotopic (exact) mass is 260 g/mol. The van der Waals surface area contributed by atoms with E-state index in [-0.39, 0.29) is 11.5 Å². The van der Waals surface area contributed by atoms with Crippen LogP contribution in [0.25, 0.3) is 0 Å². The normalized spacial score (nSPS) is 12.3. The van der Waals surface area contributed by atoms with Gasteiger partial charge in [-0.1, -0.05) is 28.1 Å². The highest BCUT2D eigenvalue weighted by atomic mass is 79.9. The Bertz CT molecular complexity index is 352. The molecule has 0 N–H and O–H groups in total. The Kier molecular flexibility index (Phi) is 3.63. The van der Waals surface area contributed by atoms with Crippen molar-refractivity contribution < 1.29 is 13.9 Å². The van der Waals surface area contributed by atoms with Crippen LogP contribution >= 0.6 is 15.9 Å². The third-order valence-electron chi connectivity index (χ3n) is 1.83. The molecule has 0 heterocycles. The molecule has 1 atom stereocenters. The molecular weight excluding hydrogens is 251 g/mol. The molecule has 2 nitrogen and oxygen atoms in total. The summed E-state index contributed by atoms with van der Waals surface area (Å²) in [6, 6.07) is 4.50. The van der Waals surface area contributed by atoms with E-state index in [0.717, 1.165) is 0 Å². The van der Waals surface area contributed by atoms with E-state index in [4.69, 9.17) is 4.74 Å². The second-order valence-corrected chi connectivity index (χ2v) is 3.75. The van der Waals surface area contributed by atoms with Crippen molar-refractivity contribution in [3.05, 3.63) is 29.6 Å². The van der Waals surface area contributed by atoms with Gasteiger partial charge in [-0.3, -0.25) is 4.79 Å². The van der Waals surface area contributed by atoms with Gasteiger partial charge in [0.1, 0.15) is 10.6 Å². The lowest BCUT2D eigenvalue weighted by Gasteiger charge is -2.11. The van der Waals surface area contributed by atoms with Crippen molar-refractivity contribution in [2.45, 2.75) is 11.8 Å². The number of ketones is 1. The number of methoxy groups -OCH3 is 1. The van der Waals surface area contributed by atoms with Gasteiger partial charge in [0.25, 0.3) is 0 Å². The molecule has 0 saturated carbocycles. The molecule has 0 bridgehead atoms. The van der Waals surface area contributed by atoms with Crippen molar-refractivity contribution in [3.8, 4) is 5.75 Å². The zero-order valence-electron chi connectivity index (χ0n) is 7.88. The van der Waals surface area contributed by atoms with Crippen LogP contribution in [0.2, 0.25) is 0 Å². The number of ether oxygens (including phenoxy) is 1. The van der Waals surface area contributed by atoms with Gasteiger partial charge in [0.2, 0.25) is 0 Å². The average molecular weight is 261 g/mol. The second-order valence-electron chi connectivity index (χ2n) is 2.84. The third kappa shape index (κ3) is 2.12. The van der Waals surface area contributed by atoms with Crippen molar-refractivity contribution in [1.29, 1.82) is 0 Å². The zero-order chi connectivity index (χ0) is 10.7. The number of carbonyl (C=O) groups is 1. The SMILES string of the molecule is COc1c(F)cccc1C(Br)C(C)=O. The number of halogens is 2. The molecule has 1 unspecified atom stereocenters. The van der Waals surface area contributed by atoms with Crippen LogP contribution in [0, 0.1) is 5.82 Å². The first-order valence-electron chi connectivity index (χ1n) is 4.05. The molecule has 0 fully saturated rings. The van der Waals surface area contributed by atoms with E-state index in [0.29, 0.717) is 5.56 Å². The van der Waals surface area contributed by atoms with Crippen LogP contribution in [0.5, 0.6) is 5.75 Å². The van der Waals surface area contributed by atoms with E-state index in [1.807, 2.05) is 0 Å². The molecule has 0 aliphatic rings. The number of hydrogen-bond acceptors (Lipinski definition) is 2. The van der Waals surface area contributed by atoms with Gasteiger partial charge in [0.05, 0.1) is 7.11 Å². The molecule has 4 heteroatoms. The summed E-state index contributed by atoms with van der Waals surface area (Å²) in [6.07, 6.45) is 0. The lowest BCUT2D eigenvalue weighted by atomic mass is 10.1. The summed E-state index contributed by atoms with van der Waals surface area (Å²) in [5.41, 5.74) is 0.514. The predicted molar refractivity (Wildman–Crippen MR) is 55.3 cm³/mol. The molecule has 0 aromatic heterocycles. The summed E-state index contributed by atoms with van der Waals surface area (Å²) in [7, 11) is 1.38. The molecule has 1 rings (SSSR count). The van der Waals surface area contributed by atoms with E-state index < -0.39 is 10.6 Å². The second kappa shape index (κ2) is 4.55. The molecular formula is C10H10BrFO2. The molecule has 1 aromatic rings. The Hall–Kier alpha value is -0.900. The Labute approximate surface area is 90.2 Å². The van der Waals surface area contributed by atoms with Gasteiger partial charge in [0, 0.05) is 5.56 Å². The number of Topliss-reactive ketones (excluding diaryl/α,β-unsaturated/α-hetero) is 1. The Morgan fingerprint density at radius 1 is 1.57 bits per heavy atom. The van der Waals surface area contributed by atoms with Crippen LogP contribution in [0.1, 0.15) is 17.3 Å². The number of hydrogen-bond donors (Lipinski definition) is 0. The topological polar surface area (TPSA) is 26.3 Å². The smallest absolute Gasteiger partial charge is 0.165 e. The highest BCUT2D eigenvalue weighted by Gasteiger charge is 2.19. The lowest BCUT2D eigenvalue weighted by Crippen LogP contribution is -2.04. The maximum absolute atomic E-state index is 13.2. The van der Waals surface area contributed by atoms with Crippen molar-refractivity contribution >= 4 is 21.7 Å². The summed E-state index contributed by atoms with van der Waals surface area (Å²) < 4.78 is 18.1. The van der Waals surface area contributed by atoms with Gasteiger partial charge in [-0.25, -0.2) is 4.39 Å². The standard InChI is InChI=1S/C10H10BrFO2/c1-6(13)9(11)7-4-3-5-8(12)10(7)14-2/h3-5,9H,1-2H3. The lowest BCUT2D eigenvalue weighted by molar-refractivity contribution is -0.116. The van der Waals surface area contributed by atoms with E-state index in [1.165, 1.54) is 20.1 Å². The number of benzene rings is 1. The van der Waals surface area contributed by atoms with Gasteiger partial charge in [0.15, 0.2) is 11.6 Å². The van der Waals surface area contributed by atoms with Gasteiger partial charge in [-0.2, -0.15) is 0 Å². The fourth-order valence-corrected chi connectivity index (χ4v) is 1.52. The van der Waals surface area contributed by atoms with Crippen LogP contribution in [0.15, 0.2) is 18.2 Å². The number of para-hydroxylation sites is 1. The summed E-state index contributed by atoms with van der Waals surface area (Å²) in [6.45, 7) is 1.43. The maximum atomic E-state index is 13.2. The highest BCUT2D eigenvalue weighted by molar-refractivity contribution is 9.09. The maximum Gasteiger partial charge on any atom is 0.165 e. The fraction of sp³-hybridized carbons (Fsp3) is 0.300. The molecule has 0 aliphatic carbocycles. The minimum Gasteiger partial charge on any atom is -0.493 e. The summed E-state index contributed by atoms with van der Waals surface area (Å²) in [5, 5.41) is 0. The van der Waals surface area contributed by atoms with Crippen molar-refractivity contribution in [2.75, 3.05) is 7.11 Å². The van der Waals surface area contributed by atoms with Crippen LogP contribution < -0.4 is 4.74 Å². The van der Waals surface area contributed by atoms with Gasteiger partial charge < -0.3 is 4.74 Å². The van der Waals surface area contributed by atoms with Crippen LogP contribution in [0.3, 0.4) is 0 Å². The molecule has 1 aromatic carbocycles. The number of rotatable bonds is 3. The Morgan fingerprint density at radius 3 is 2.71 bits per heavy atom. The summed E-state index contributed by atoms with van der Waals surface area (Å²) in [5.74, 6) is -0.436. The summed E-state index contributed by atoms with van der Waals surface area (Å²) in [4.78, 5) is 10.6. The minimum atomic E-state index is -0.520. The summed E-state index contributed by atoms with van der Waals surface area (Å²) >= 11 is 3.18. The van der Waals surface area contributed by atoms with E-state index in [2.05, 4.69) is 15.9 Å². The third-order valence-corrected chi connectivity index (χ3v) is 2.97. The first kappa shape index (κ1) is 11.2. The fourth-order valence-electron chi connectivity index (χ4n) is 1.16. The van der Waals surface area contributed by atoms with Crippen molar-refractivity contribution in [2.24, 2.45) is 0 Å². The van der Waals surface area contributed by atoms with Crippen LogP contribution in [-0.2, 0) is 4.79 Å². The van der Waals surface area contributed by atoms with Crippen LogP contribution in [-0.4, -0.2) is 12.9 Å². The predicted octanol–water partition coefficient (Wildman–Crippen LogP) is 2.86. The highest BCUT2D eigenvalue weighted by Crippen LogP contribution is 2.33. The molecule has 14 heavy (non-hydrogen) atoms. The van der Waals surface area contributed by atoms with Crippen molar-refractivity contribution in [1.82, 2.24) is 0 Å². The molecule has 0 spiro atoms. The first-order chi connectivity index (χ1) is 6.57. The molecule has 0 radical (unpaired) electrons. The molecule has 76 valence electrons. The van der Waals surface area contributed by atoms with Gasteiger partial charge in [-0.05, 0) is 13.0 Å². The molecule has 0 saturated heterocycles. The van der Waals surface area contributed by atoms with E-state index in [9.17, 15) is 9.18 Å². The zero-order valence-corrected chi connectivity index (χ0v) is 9.47. The molecule has 0 amide bonds. The van der Waals surface area contributed by atoms with Gasteiger partial charge in [-0.15, -0.1) is 0 Å². The van der Waals surface area contributed by atoms with Gasteiger partial charge >= 0.3 is 0 Å².